The summed E-state index contributed by atoms with van der Waals surface area (Å²) in [6.07, 6.45) is 0. The molecule has 0 radical (unpaired) electrons. The quantitative estimate of drug-likeness (QED) is 0.690. The molecule has 5 nitrogen and oxygen atoms in total. The molecule has 1 heterocycles. The molecule has 19 heavy (non-hydrogen) atoms. The van der Waals surface area contributed by atoms with Crippen LogP contribution in [0, 0.1) is 16.1 Å². The average Bonchev–Trinajstić information content (AvgIpc) is 2.73. The summed E-state index contributed by atoms with van der Waals surface area (Å²) >= 11 is 5.23. The Morgan fingerprint density at radius 1 is 1.63 bits per heavy atom. The Bertz CT molecular complexity index is 724. The van der Waals surface area contributed by atoms with Gasteiger partial charge in [0.1, 0.15) is 12.1 Å². The monoisotopic (exact) mass is 275 g/mol. The summed E-state index contributed by atoms with van der Waals surface area (Å²) in [6, 6.07) is 6.85. The first-order valence-corrected chi connectivity index (χ1v) is 6.31. The molecule has 0 fully saturated rings. The van der Waals surface area contributed by atoms with Gasteiger partial charge in [-0.05, 0) is 38.2 Å². The number of nitrogens with one attached hydrogen (secondary N) is 1. The van der Waals surface area contributed by atoms with Crippen molar-refractivity contribution in [3.63, 3.8) is 0 Å². The molecular weight excluding hydrogens is 262 g/mol. The minimum absolute atomic E-state index is 0.322. The lowest BCUT2D eigenvalue weighted by molar-refractivity contribution is -0.146. The molecule has 0 amide bonds. The lowest BCUT2D eigenvalue weighted by Crippen LogP contribution is -2.19. The third-order valence-electron chi connectivity index (χ3n) is 2.89. The summed E-state index contributed by atoms with van der Waals surface area (Å²) in [6.45, 7) is 3.80. The molecule has 6 heteroatoms. The van der Waals surface area contributed by atoms with E-state index in [0.717, 1.165) is 5.52 Å². The highest BCUT2D eigenvalue weighted by Crippen LogP contribution is 2.22. The average molecular weight is 275 g/mol. The van der Waals surface area contributed by atoms with Gasteiger partial charge in [0.05, 0.1) is 23.2 Å². The summed E-state index contributed by atoms with van der Waals surface area (Å²) in [7, 11) is 0. The molecule has 1 aromatic carbocycles. The maximum atomic E-state index is 11.8. The molecule has 0 bridgehead atoms. The van der Waals surface area contributed by atoms with Gasteiger partial charge in [-0.3, -0.25) is 0 Å². The Morgan fingerprint density at radius 3 is 3.00 bits per heavy atom. The zero-order chi connectivity index (χ0) is 14.0. The SMILES string of the molecule is CCOC(=O)C(C)n1c(=S)[nH]c2c(C#N)cccc21. The number of aromatic nitrogens is 2. The molecule has 2 rings (SSSR count). The molecular formula is C13H13N3O2S. The van der Waals surface area contributed by atoms with E-state index >= 15 is 0 Å². The smallest absolute Gasteiger partial charge is 0.328 e. The largest absolute Gasteiger partial charge is 0.464 e. The fourth-order valence-electron chi connectivity index (χ4n) is 1.99. The van der Waals surface area contributed by atoms with Crippen LogP contribution in [0.15, 0.2) is 18.2 Å². The fraction of sp³-hybridized carbons (Fsp3) is 0.308. The van der Waals surface area contributed by atoms with Gasteiger partial charge >= 0.3 is 5.97 Å². The zero-order valence-corrected chi connectivity index (χ0v) is 11.5. The molecule has 0 spiro atoms. The Kier molecular flexibility index (Phi) is 3.67. The second-order valence-electron chi connectivity index (χ2n) is 4.04. The van der Waals surface area contributed by atoms with E-state index in [9.17, 15) is 4.79 Å². The number of aromatic amines is 1. The molecule has 0 aliphatic carbocycles. The van der Waals surface area contributed by atoms with E-state index < -0.39 is 6.04 Å². The van der Waals surface area contributed by atoms with Crippen LogP contribution in [-0.4, -0.2) is 22.1 Å². The lowest BCUT2D eigenvalue weighted by Gasteiger charge is -2.13. The van der Waals surface area contributed by atoms with Crippen LogP contribution in [0.2, 0.25) is 0 Å². The third kappa shape index (κ3) is 2.25. The maximum Gasteiger partial charge on any atom is 0.328 e. The zero-order valence-electron chi connectivity index (χ0n) is 10.6. The highest BCUT2D eigenvalue weighted by atomic mass is 32.1. The van der Waals surface area contributed by atoms with Crippen LogP contribution in [0.3, 0.4) is 0 Å². The second kappa shape index (κ2) is 5.24. The number of carbonyl (C=O) groups is 1. The number of carbonyl (C=O) groups excluding carboxylic acids is 1. The first-order valence-electron chi connectivity index (χ1n) is 5.90. The predicted octanol–water partition coefficient (Wildman–Crippen LogP) is 2.69. The number of imidazole rings is 1. The number of hydrogen-bond acceptors (Lipinski definition) is 4. The van der Waals surface area contributed by atoms with E-state index in [0.29, 0.717) is 22.5 Å². The molecule has 1 N–H and O–H groups in total. The molecule has 0 saturated carbocycles. The van der Waals surface area contributed by atoms with Crippen LogP contribution < -0.4 is 0 Å². The van der Waals surface area contributed by atoms with Crippen LogP contribution in [0.25, 0.3) is 11.0 Å². The third-order valence-corrected chi connectivity index (χ3v) is 3.19. The van der Waals surface area contributed by atoms with Gasteiger partial charge in [0.15, 0.2) is 4.77 Å². The van der Waals surface area contributed by atoms with Crippen molar-refractivity contribution in [2.75, 3.05) is 6.61 Å². The lowest BCUT2D eigenvalue weighted by atomic mass is 10.2. The van der Waals surface area contributed by atoms with Crippen LogP contribution >= 0.6 is 12.2 Å². The number of benzene rings is 1. The first-order chi connectivity index (χ1) is 9.10. The van der Waals surface area contributed by atoms with Gasteiger partial charge in [0.2, 0.25) is 0 Å². The van der Waals surface area contributed by atoms with Crippen molar-refractivity contribution in [1.29, 1.82) is 5.26 Å². The molecule has 2 aromatic rings. The molecule has 0 aliphatic heterocycles. The van der Waals surface area contributed by atoms with Crippen LogP contribution in [0.4, 0.5) is 0 Å². The Labute approximate surface area is 115 Å². The fourth-order valence-corrected chi connectivity index (χ4v) is 2.35. The molecule has 0 saturated heterocycles. The van der Waals surface area contributed by atoms with Gasteiger partial charge in [0.25, 0.3) is 0 Å². The van der Waals surface area contributed by atoms with E-state index in [1.165, 1.54) is 0 Å². The highest BCUT2D eigenvalue weighted by molar-refractivity contribution is 7.71. The number of esters is 1. The predicted molar refractivity (Wildman–Crippen MR) is 73.2 cm³/mol. The molecule has 1 unspecified atom stereocenters. The summed E-state index contributed by atoms with van der Waals surface area (Å²) < 4.78 is 7.07. The summed E-state index contributed by atoms with van der Waals surface area (Å²) in [5.74, 6) is -0.345. The number of para-hydroxylation sites is 1. The van der Waals surface area contributed by atoms with Crippen molar-refractivity contribution in [1.82, 2.24) is 9.55 Å². The molecule has 1 atom stereocenters. The molecule has 98 valence electrons. The van der Waals surface area contributed by atoms with E-state index in [4.69, 9.17) is 22.2 Å². The maximum absolute atomic E-state index is 11.8. The van der Waals surface area contributed by atoms with E-state index in [2.05, 4.69) is 11.1 Å². The van der Waals surface area contributed by atoms with Gasteiger partial charge in [-0.25, -0.2) is 4.79 Å². The van der Waals surface area contributed by atoms with E-state index in [1.54, 1.807) is 30.5 Å². The standard InChI is InChI=1S/C13H13N3O2S/c1-3-18-12(17)8(2)16-10-6-4-5-9(7-14)11(10)15-13(16)19/h4-6,8H,3H2,1-2H3,(H,15,19). The minimum atomic E-state index is -0.532. The van der Waals surface area contributed by atoms with Crippen molar-refractivity contribution < 1.29 is 9.53 Å². The second-order valence-corrected chi connectivity index (χ2v) is 4.43. The van der Waals surface area contributed by atoms with Gasteiger partial charge in [0, 0.05) is 0 Å². The molecule has 0 aliphatic rings. The number of ether oxygens (including phenoxy) is 1. The highest BCUT2D eigenvalue weighted by Gasteiger charge is 2.20. The normalized spacial score (nSPS) is 12.1. The summed E-state index contributed by atoms with van der Waals surface area (Å²) in [5, 5.41) is 9.06. The first kappa shape index (κ1) is 13.3. The van der Waals surface area contributed by atoms with Crippen LogP contribution in [0.1, 0.15) is 25.5 Å². The van der Waals surface area contributed by atoms with E-state index in [-0.39, 0.29) is 5.97 Å². The van der Waals surface area contributed by atoms with Crippen molar-refractivity contribution in [3.8, 4) is 6.07 Å². The number of nitrogens with zero attached hydrogens (tertiary/aromatic N) is 2. The Morgan fingerprint density at radius 2 is 2.37 bits per heavy atom. The van der Waals surface area contributed by atoms with Gasteiger partial charge < -0.3 is 14.3 Å². The van der Waals surface area contributed by atoms with Gasteiger partial charge in [-0.2, -0.15) is 5.26 Å². The van der Waals surface area contributed by atoms with Gasteiger partial charge in [-0.1, -0.05) is 6.07 Å². The van der Waals surface area contributed by atoms with Crippen molar-refractivity contribution in [2.24, 2.45) is 0 Å². The van der Waals surface area contributed by atoms with Crippen molar-refractivity contribution >= 4 is 29.2 Å². The molecule has 1 aromatic heterocycles. The van der Waals surface area contributed by atoms with Crippen molar-refractivity contribution in [2.45, 2.75) is 19.9 Å². The van der Waals surface area contributed by atoms with Crippen LogP contribution in [0.5, 0.6) is 0 Å². The minimum Gasteiger partial charge on any atom is -0.464 e. The number of rotatable bonds is 3. The topological polar surface area (TPSA) is 70.8 Å². The van der Waals surface area contributed by atoms with Gasteiger partial charge in [-0.15, -0.1) is 0 Å². The summed E-state index contributed by atoms with van der Waals surface area (Å²) in [5.41, 5.74) is 1.87. The number of nitriles is 1. The number of H-pyrrole nitrogens is 1. The summed E-state index contributed by atoms with van der Waals surface area (Å²) in [4.78, 5) is 14.8. The Hall–Kier alpha value is -2.13. The van der Waals surface area contributed by atoms with E-state index in [1.807, 2.05) is 6.07 Å². The number of fused-ring (bicyclic) bond motifs is 1. The Balaban J connectivity index is 2.62. The van der Waals surface area contributed by atoms with Crippen molar-refractivity contribution in [3.05, 3.63) is 28.5 Å². The van der Waals surface area contributed by atoms with Crippen LogP contribution in [-0.2, 0) is 9.53 Å². The number of hydrogen-bond donors (Lipinski definition) is 1.